The summed E-state index contributed by atoms with van der Waals surface area (Å²) < 4.78 is 0. The molecular formula is C24H42N8O10. The standard InChI is InChI=1S/C24H42N8O10/c1-4-11(2)18(22(40)30-14(23(41)42)6-5-9-28-24(26)27)32-19(37)12(3)29-21(39)15(10-17(35)36)31-20(38)13(25)7-8-16(33)34/h11-15,18H,4-10,25H2,1-3H3,(H,29,39)(H,30,40)(H,31,38)(H,32,37)(H,33,34)(H,35,36)(H,41,42)(H4,26,27,28)/t11-,12-,13-,14-,15-,18-/m0/s1. The molecule has 0 aliphatic heterocycles. The van der Waals surface area contributed by atoms with Crippen molar-refractivity contribution in [2.45, 2.75) is 89.5 Å². The molecule has 0 unspecified atom stereocenters. The van der Waals surface area contributed by atoms with Crippen LogP contribution in [0.5, 0.6) is 0 Å². The third-order valence-corrected chi connectivity index (χ3v) is 6.12. The van der Waals surface area contributed by atoms with Crippen LogP contribution < -0.4 is 38.5 Å². The number of nitrogens with two attached hydrogens (primary N) is 3. The zero-order valence-corrected chi connectivity index (χ0v) is 23.8. The lowest BCUT2D eigenvalue weighted by molar-refractivity contribution is -0.143. The maximum Gasteiger partial charge on any atom is 0.326 e. The van der Waals surface area contributed by atoms with E-state index >= 15 is 0 Å². The predicted octanol–water partition coefficient (Wildman–Crippen LogP) is -3.20. The summed E-state index contributed by atoms with van der Waals surface area (Å²) in [5.74, 6) is -8.22. The van der Waals surface area contributed by atoms with E-state index in [1.165, 1.54) is 6.92 Å². The first kappa shape index (κ1) is 37.5. The van der Waals surface area contributed by atoms with Gasteiger partial charge in [0, 0.05) is 13.0 Å². The van der Waals surface area contributed by atoms with E-state index in [-0.39, 0.29) is 31.8 Å². The van der Waals surface area contributed by atoms with Crippen LogP contribution in [0.25, 0.3) is 0 Å². The number of carboxylic acids is 3. The Kier molecular flexibility index (Phi) is 16.8. The van der Waals surface area contributed by atoms with Crippen molar-refractivity contribution in [3.8, 4) is 0 Å². The normalized spacial score (nSPS) is 15.0. The Morgan fingerprint density at radius 3 is 1.86 bits per heavy atom. The Morgan fingerprint density at radius 2 is 1.36 bits per heavy atom. The molecular weight excluding hydrogens is 560 g/mol. The highest BCUT2D eigenvalue weighted by Gasteiger charge is 2.33. The molecule has 13 N–H and O–H groups in total. The highest BCUT2D eigenvalue weighted by Crippen LogP contribution is 2.10. The van der Waals surface area contributed by atoms with Gasteiger partial charge in [-0.05, 0) is 32.1 Å². The number of aliphatic carboxylic acids is 3. The van der Waals surface area contributed by atoms with Crippen LogP contribution in [0.1, 0.15) is 59.3 Å². The molecule has 0 aliphatic rings. The molecule has 0 fully saturated rings. The van der Waals surface area contributed by atoms with Crippen LogP contribution in [0.3, 0.4) is 0 Å². The van der Waals surface area contributed by atoms with Crippen molar-refractivity contribution in [1.82, 2.24) is 21.3 Å². The lowest BCUT2D eigenvalue weighted by Crippen LogP contribution is -2.59. The minimum atomic E-state index is -1.65. The maximum absolute atomic E-state index is 13.0. The Morgan fingerprint density at radius 1 is 0.762 bits per heavy atom. The summed E-state index contributed by atoms with van der Waals surface area (Å²) in [7, 11) is 0. The third kappa shape index (κ3) is 14.8. The molecule has 0 spiro atoms. The van der Waals surface area contributed by atoms with Crippen LogP contribution in [0.2, 0.25) is 0 Å². The van der Waals surface area contributed by atoms with Gasteiger partial charge < -0.3 is 53.8 Å². The van der Waals surface area contributed by atoms with Gasteiger partial charge in [0.25, 0.3) is 0 Å². The number of carbonyl (C=O) groups excluding carboxylic acids is 4. The molecule has 18 nitrogen and oxygen atoms in total. The maximum atomic E-state index is 13.0. The largest absolute Gasteiger partial charge is 0.481 e. The smallest absolute Gasteiger partial charge is 0.326 e. The second kappa shape index (κ2) is 18.8. The molecule has 0 aromatic heterocycles. The van der Waals surface area contributed by atoms with E-state index in [1.54, 1.807) is 13.8 Å². The highest BCUT2D eigenvalue weighted by molar-refractivity contribution is 5.96. The van der Waals surface area contributed by atoms with Crippen LogP contribution in [-0.2, 0) is 33.6 Å². The minimum absolute atomic E-state index is 0.00212. The lowest BCUT2D eigenvalue weighted by atomic mass is 9.97. The van der Waals surface area contributed by atoms with Crippen LogP contribution in [-0.4, -0.2) is 99.6 Å². The van der Waals surface area contributed by atoms with Crippen LogP contribution >= 0.6 is 0 Å². The van der Waals surface area contributed by atoms with Gasteiger partial charge in [0.2, 0.25) is 23.6 Å². The second-order valence-corrected chi connectivity index (χ2v) is 9.65. The van der Waals surface area contributed by atoms with E-state index in [9.17, 15) is 38.7 Å². The van der Waals surface area contributed by atoms with Crippen LogP contribution in [0, 0.1) is 5.92 Å². The van der Waals surface area contributed by atoms with E-state index in [0.717, 1.165) is 0 Å². The molecule has 0 rings (SSSR count). The second-order valence-electron chi connectivity index (χ2n) is 9.65. The lowest BCUT2D eigenvalue weighted by Gasteiger charge is -2.27. The van der Waals surface area contributed by atoms with E-state index < -0.39 is 90.5 Å². The number of carbonyl (C=O) groups is 7. The zero-order valence-electron chi connectivity index (χ0n) is 23.8. The summed E-state index contributed by atoms with van der Waals surface area (Å²) in [6.45, 7) is 4.78. The fourth-order valence-corrected chi connectivity index (χ4v) is 3.45. The van der Waals surface area contributed by atoms with E-state index in [0.29, 0.717) is 6.42 Å². The molecule has 6 atom stereocenters. The van der Waals surface area contributed by atoms with E-state index in [1.807, 2.05) is 0 Å². The molecule has 0 aliphatic carbocycles. The van der Waals surface area contributed by atoms with Gasteiger partial charge in [-0.25, -0.2) is 4.79 Å². The number of amides is 4. The molecule has 42 heavy (non-hydrogen) atoms. The SMILES string of the molecule is CC[C@H](C)[C@H](NC(=O)[C@H](C)NC(=O)[C@H](CC(=O)O)NC(=O)[C@@H](N)CCC(=O)O)C(=O)N[C@@H](CCCN=C(N)N)C(=O)O. The van der Waals surface area contributed by atoms with Crippen LogP contribution in [0.15, 0.2) is 4.99 Å². The fraction of sp³-hybridized carbons (Fsp3) is 0.667. The molecule has 0 aromatic carbocycles. The topological polar surface area (TPSA) is 319 Å². The van der Waals surface area contributed by atoms with Crippen molar-refractivity contribution in [3.05, 3.63) is 0 Å². The predicted molar refractivity (Wildman–Crippen MR) is 147 cm³/mol. The molecule has 0 aromatic rings. The summed E-state index contributed by atoms with van der Waals surface area (Å²) in [5, 5.41) is 36.6. The Hall–Kier alpha value is -4.48. The van der Waals surface area contributed by atoms with Crippen molar-refractivity contribution in [3.63, 3.8) is 0 Å². The Bertz CT molecular complexity index is 1020. The minimum Gasteiger partial charge on any atom is -0.481 e. The van der Waals surface area contributed by atoms with Crippen molar-refractivity contribution < 1.29 is 48.9 Å². The van der Waals surface area contributed by atoms with Gasteiger partial charge in [0.1, 0.15) is 24.2 Å². The van der Waals surface area contributed by atoms with Gasteiger partial charge in [-0.1, -0.05) is 20.3 Å². The van der Waals surface area contributed by atoms with Crippen LogP contribution in [0.4, 0.5) is 0 Å². The number of carboxylic acid groups (broad SMARTS) is 3. The van der Waals surface area contributed by atoms with Gasteiger partial charge in [-0.3, -0.25) is 33.8 Å². The number of hydrogen-bond donors (Lipinski definition) is 10. The number of hydrogen-bond acceptors (Lipinski definition) is 9. The molecule has 0 saturated heterocycles. The monoisotopic (exact) mass is 602 g/mol. The molecule has 0 saturated carbocycles. The van der Waals surface area contributed by atoms with Gasteiger partial charge in [0.15, 0.2) is 5.96 Å². The number of nitrogens with zero attached hydrogens (tertiary/aromatic N) is 1. The quantitative estimate of drug-likeness (QED) is 0.0373. The number of aliphatic imine (C=N–C) groups is 1. The Labute approximate surface area is 242 Å². The van der Waals surface area contributed by atoms with Crippen molar-refractivity contribution >= 4 is 47.5 Å². The summed E-state index contributed by atoms with van der Waals surface area (Å²) in [6, 6.07) is -6.79. The summed E-state index contributed by atoms with van der Waals surface area (Å²) in [6.07, 6.45) is -0.901. The van der Waals surface area contributed by atoms with Gasteiger partial charge in [-0.15, -0.1) is 0 Å². The van der Waals surface area contributed by atoms with Gasteiger partial charge >= 0.3 is 17.9 Å². The summed E-state index contributed by atoms with van der Waals surface area (Å²) in [4.78, 5) is 88.2. The number of nitrogens with one attached hydrogen (secondary N) is 4. The highest BCUT2D eigenvalue weighted by atomic mass is 16.4. The van der Waals surface area contributed by atoms with Crippen molar-refractivity contribution in [1.29, 1.82) is 0 Å². The zero-order chi connectivity index (χ0) is 32.6. The van der Waals surface area contributed by atoms with E-state index in [4.69, 9.17) is 27.4 Å². The molecule has 0 radical (unpaired) electrons. The van der Waals surface area contributed by atoms with Gasteiger partial charge in [-0.2, -0.15) is 0 Å². The Balaban J connectivity index is 5.45. The average molecular weight is 603 g/mol. The van der Waals surface area contributed by atoms with Crippen molar-refractivity contribution in [2.75, 3.05) is 6.54 Å². The molecule has 0 bridgehead atoms. The number of rotatable bonds is 20. The number of guanidine groups is 1. The van der Waals surface area contributed by atoms with E-state index in [2.05, 4.69) is 26.3 Å². The van der Waals surface area contributed by atoms with Crippen molar-refractivity contribution in [2.24, 2.45) is 28.1 Å². The molecule has 4 amide bonds. The molecule has 18 heteroatoms. The first-order chi connectivity index (χ1) is 19.5. The molecule has 238 valence electrons. The first-order valence-corrected chi connectivity index (χ1v) is 13.2. The average Bonchev–Trinajstić information content (AvgIpc) is 2.89. The molecule has 0 heterocycles. The summed E-state index contributed by atoms with van der Waals surface area (Å²) in [5.41, 5.74) is 16.1. The first-order valence-electron chi connectivity index (χ1n) is 13.2. The summed E-state index contributed by atoms with van der Waals surface area (Å²) >= 11 is 0. The van der Waals surface area contributed by atoms with Gasteiger partial charge in [0.05, 0.1) is 12.5 Å². The fourth-order valence-electron chi connectivity index (χ4n) is 3.45. The third-order valence-electron chi connectivity index (χ3n) is 6.12.